The molecule has 2 aromatic rings. The van der Waals surface area contributed by atoms with Crippen LogP contribution in [0.2, 0.25) is 0 Å². The molecule has 1 atom stereocenters. The average Bonchev–Trinajstić information content (AvgIpc) is 2.85. The first-order valence-corrected chi connectivity index (χ1v) is 6.17. The van der Waals surface area contributed by atoms with Crippen LogP contribution in [0.1, 0.15) is 31.3 Å². The Balaban J connectivity index is 2.62. The zero-order valence-electron chi connectivity index (χ0n) is 10.9. The molecule has 1 aromatic carbocycles. The Morgan fingerprint density at radius 3 is 2.89 bits per heavy atom. The lowest BCUT2D eigenvalue weighted by molar-refractivity contribution is 0.594. The first kappa shape index (κ1) is 12.8. The van der Waals surface area contributed by atoms with Crippen LogP contribution in [-0.4, -0.2) is 16.6 Å². The number of imidazole rings is 1. The van der Waals surface area contributed by atoms with E-state index in [0.717, 1.165) is 17.8 Å². The fourth-order valence-electron chi connectivity index (χ4n) is 2.09. The third-order valence-corrected chi connectivity index (χ3v) is 3.19. The highest BCUT2D eigenvalue weighted by molar-refractivity contribution is 5.45. The van der Waals surface area contributed by atoms with Crippen LogP contribution in [0.4, 0.5) is 4.39 Å². The number of hydrogen-bond donors (Lipinski definition) is 1. The lowest BCUT2D eigenvalue weighted by Gasteiger charge is -2.18. The van der Waals surface area contributed by atoms with Crippen LogP contribution in [0.3, 0.4) is 0 Å². The standard InChI is InChI=1S/C14H18FN3/c1-4-13-17-8-9-18(13)14-11(10(2)16-3)6-5-7-12(14)15/h5-10,16H,4H2,1-3H3. The van der Waals surface area contributed by atoms with Crippen molar-refractivity contribution >= 4 is 0 Å². The summed E-state index contributed by atoms with van der Waals surface area (Å²) in [6.45, 7) is 4.03. The van der Waals surface area contributed by atoms with E-state index in [1.165, 1.54) is 6.07 Å². The number of halogens is 1. The second kappa shape index (κ2) is 5.31. The summed E-state index contributed by atoms with van der Waals surface area (Å²) in [5.74, 6) is 0.645. The van der Waals surface area contributed by atoms with Gasteiger partial charge in [0, 0.05) is 24.9 Å². The molecule has 1 aromatic heterocycles. The van der Waals surface area contributed by atoms with E-state index in [1.807, 2.05) is 37.7 Å². The maximum atomic E-state index is 14.1. The highest BCUT2D eigenvalue weighted by atomic mass is 19.1. The second-order valence-electron chi connectivity index (χ2n) is 4.26. The van der Waals surface area contributed by atoms with Gasteiger partial charge in [0.25, 0.3) is 0 Å². The highest BCUT2D eigenvalue weighted by Gasteiger charge is 2.16. The Labute approximate surface area is 107 Å². The summed E-state index contributed by atoms with van der Waals surface area (Å²) in [6, 6.07) is 5.26. The molecule has 2 rings (SSSR count). The van der Waals surface area contributed by atoms with Crippen molar-refractivity contribution in [3.05, 3.63) is 47.8 Å². The zero-order chi connectivity index (χ0) is 13.1. The predicted octanol–water partition coefficient (Wildman–Crippen LogP) is 2.85. The van der Waals surface area contributed by atoms with Crippen molar-refractivity contribution in [2.24, 2.45) is 0 Å². The summed E-state index contributed by atoms with van der Waals surface area (Å²) in [5.41, 5.74) is 1.53. The van der Waals surface area contributed by atoms with Gasteiger partial charge in [-0.1, -0.05) is 19.1 Å². The molecule has 3 nitrogen and oxygen atoms in total. The minimum atomic E-state index is -0.220. The summed E-state index contributed by atoms with van der Waals surface area (Å²) >= 11 is 0. The van der Waals surface area contributed by atoms with Crippen molar-refractivity contribution in [3.63, 3.8) is 0 Å². The fraction of sp³-hybridized carbons (Fsp3) is 0.357. The number of aryl methyl sites for hydroxylation is 1. The van der Waals surface area contributed by atoms with E-state index in [4.69, 9.17) is 0 Å². The molecule has 0 aliphatic heterocycles. The smallest absolute Gasteiger partial charge is 0.147 e. The molecule has 4 heteroatoms. The van der Waals surface area contributed by atoms with Gasteiger partial charge in [-0.25, -0.2) is 9.37 Å². The van der Waals surface area contributed by atoms with Gasteiger partial charge in [-0.2, -0.15) is 0 Å². The molecule has 0 fully saturated rings. The van der Waals surface area contributed by atoms with Crippen molar-refractivity contribution in [2.45, 2.75) is 26.3 Å². The number of hydrogen-bond acceptors (Lipinski definition) is 2. The van der Waals surface area contributed by atoms with Crippen LogP contribution in [-0.2, 0) is 6.42 Å². The van der Waals surface area contributed by atoms with Crippen LogP contribution >= 0.6 is 0 Å². The Morgan fingerprint density at radius 1 is 1.44 bits per heavy atom. The molecule has 0 saturated heterocycles. The minimum Gasteiger partial charge on any atom is -0.313 e. The van der Waals surface area contributed by atoms with E-state index in [0.29, 0.717) is 5.69 Å². The van der Waals surface area contributed by atoms with Gasteiger partial charge in [0.2, 0.25) is 0 Å². The van der Waals surface area contributed by atoms with Gasteiger partial charge in [0.15, 0.2) is 0 Å². The molecule has 1 heterocycles. The monoisotopic (exact) mass is 247 g/mol. The first-order valence-electron chi connectivity index (χ1n) is 6.17. The molecule has 0 aliphatic carbocycles. The van der Waals surface area contributed by atoms with Crippen molar-refractivity contribution in [2.75, 3.05) is 7.05 Å². The number of nitrogens with one attached hydrogen (secondary N) is 1. The minimum absolute atomic E-state index is 0.0859. The Morgan fingerprint density at radius 2 is 2.22 bits per heavy atom. The van der Waals surface area contributed by atoms with E-state index in [2.05, 4.69) is 10.3 Å². The van der Waals surface area contributed by atoms with Crippen molar-refractivity contribution in [1.29, 1.82) is 0 Å². The average molecular weight is 247 g/mol. The number of rotatable bonds is 4. The van der Waals surface area contributed by atoms with Gasteiger partial charge in [-0.05, 0) is 25.6 Å². The lowest BCUT2D eigenvalue weighted by Crippen LogP contribution is -2.16. The molecule has 0 spiro atoms. The molecule has 1 unspecified atom stereocenters. The summed E-state index contributed by atoms with van der Waals surface area (Å²) in [7, 11) is 1.87. The first-order chi connectivity index (χ1) is 8.69. The van der Waals surface area contributed by atoms with Crippen molar-refractivity contribution in [3.8, 4) is 5.69 Å². The predicted molar refractivity (Wildman–Crippen MR) is 70.4 cm³/mol. The number of nitrogens with zero attached hydrogens (tertiary/aromatic N) is 2. The molecule has 0 amide bonds. The van der Waals surface area contributed by atoms with Crippen LogP contribution in [0.15, 0.2) is 30.6 Å². The van der Waals surface area contributed by atoms with E-state index >= 15 is 0 Å². The van der Waals surface area contributed by atoms with Gasteiger partial charge < -0.3 is 9.88 Å². The molecule has 0 bridgehead atoms. The van der Waals surface area contributed by atoms with Crippen LogP contribution in [0.25, 0.3) is 5.69 Å². The van der Waals surface area contributed by atoms with Crippen molar-refractivity contribution in [1.82, 2.24) is 14.9 Å². The Bertz CT molecular complexity index is 534. The van der Waals surface area contributed by atoms with E-state index in [9.17, 15) is 4.39 Å². The van der Waals surface area contributed by atoms with Crippen LogP contribution < -0.4 is 5.32 Å². The molecule has 1 N–H and O–H groups in total. The molecule has 0 aliphatic rings. The summed E-state index contributed by atoms with van der Waals surface area (Å²) in [4.78, 5) is 4.25. The Kier molecular flexibility index (Phi) is 3.77. The summed E-state index contributed by atoms with van der Waals surface area (Å²) in [5, 5.41) is 3.15. The largest absolute Gasteiger partial charge is 0.313 e. The van der Waals surface area contributed by atoms with E-state index in [1.54, 1.807) is 12.3 Å². The van der Waals surface area contributed by atoms with Gasteiger partial charge in [-0.15, -0.1) is 0 Å². The van der Waals surface area contributed by atoms with Crippen LogP contribution in [0, 0.1) is 5.82 Å². The zero-order valence-corrected chi connectivity index (χ0v) is 10.9. The van der Waals surface area contributed by atoms with Gasteiger partial charge in [0.05, 0.1) is 5.69 Å². The maximum Gasteiger partial charge on any atom is 0.147 e. The molecule has 0 saturated carbocycles. The van der Waals surface area contributed by atoms with Gasteiger partial charge in [0.1, 0.15) is 11.6 Å². The lowest BCUT2D eigenvalue weighted by atomic mass is 10.1. The number of para-hydroxylation sites is 1. The van der Waals surface area contributed by atoms with Gasteiger partial charge in [-0.3, -0.25) is 0 Å². The summed E-state index contributed by atoms with van der Waals surface area (Å²) in [6.07, 6.45) is 4.29. The van der Waals surface area contributed by atoms with E-state index < -0.39 is 0 Å². The quantitative estimate of drug-likeness (QED) is 0.900. The maximum absolute atomic E-state index is 14.1. The Hall–Kier alpha value is -1.68. The highest BCUT2D eigenvalue weighted by Crippen LogP contribution is 2.25. The van der Waals surface area contributed by atoms with Crippen LogP contribution in [0.5, 0.6) is 0 Å². The molecular formula is C14H18FN3. The van der Waals surface area contributed by atoms with Crippen molar-refractivity contribution < 1.29 is 4.39 Å². The molecule has 0 radical (unpaired) electrons. The third kappa shape index (κ3) is 2.16. The second-order valence-corrected chi connectivity index (χ2v) is 4.26. The normalized spacial score (nSPS) is 12.7. The third-order valence-electron chi connectivity index (χ3n) is 3.19. The molecule has 18 heavy (non-hydrogen) atoms. The summed E-state index contributed by atoms with van der Waals surface area (Å²) < 4.78 is 16.0. The number of aromatic nitrogens is 2. The SMILES string of the molecule is CCc1nccn1-c1c(F)cccc1C(C)NC. The molecular weight excluding hydrogens is 229 g/mol. The van der Waals surface area contributed by atoms with E-state index in [-0.39, 0.29) is 11.9 Å². The number of benzene rings is 1. The molecule has 96 valence electrons. The fourth-order valence-corrected chi connectivity index (χ4v) is 2.09. The van der Waals surface area contributed by atoms with Gasteiger partial charge >= 0.3 is 0 Å². The topological polar surface area (TPSA) is 29.9 Å².